The van der Waals surface area contributed by atoms with E-state index in [2.05, 4.69) is 10.3 Å². The minimum atomic E-state index is -0.479. The maximum atomic E-state index is 13.7. The first-order chi connectivity index (χ1) is 9.22. The molecular weight excluding hydrogens is 245 g/mol. The largest absolute Gasteiger partial charge is 0.478 e. The summed E-state index contributed by atoms with van der Waals surface area (Å²) in [5.41, 5.74) is 1.23. The molecule has 0 aliphatic heterocycles. The predicted octanol–water partition coefficient (Wildman–Crippen LogP) is 3.23. The lowest BCUT2D eigenvalue weighted by atomic mass is 10.2. The smallest absolute Gasteiger partial charge is 0.213 e. The van der Waals surface area contributed by atoms with Gasteiger partial charge in [-0.05, 0) is 31.2 Å². The van der Waals surface area contributed by atoms with Crippen molar-refractivity contribution in [3.05, 3.63) is 47.9 Å². The first kappa shape index (κ1) is 12.8. The van der Waals surface area contributed by atoms with E-state index in [9.17, 15) is 4.39 Å². The second-order valence-corrected chi connectivity index (χ2v) is 3.75. The van der Waals surface area contributed by atoms with Crippen LogP contribution in [0, 0.1) is 17.1 Å². The standard InChI is InChI=1S/C14H12FN3O/c1-2-19-14-6-4-11(9-17-14)18-13-5-3-10(8-16)7-12(13)15/h3-7,9,18H,2H2,1H3. The zero-order valence-corrected chi connectivity index (χ0v) is 10.4. The fraction of sp³-hybridized carbons (Fsp3) is 0.143. The number of hydrogen-bond donors (Lipinski definition) is 1. The first-order valence-electron chi connectivity index (χ1n) is 5.78. The normalized spacial score (nSPS) is 9.74. The number of rotatable bonds is 4. The number of benzene rings is 1. The monoisotopic (exact) mass is 257 g/mol. The lowest BCUT2D eigenvalue weighted by molar-refractivity contribution is 0.327. The van der Waals surface area contributed by atoms with Gasteiger partial charge in [-0.15, -0.1) is 0 Å². The summed E-state index contributed by atoms with van der Waals surface area (Å²) in [6.45, 7) is 2.42. The number of nitrogens with one attached hydrogen (secondary N) is 1. The van der Waals surface area contributed by atoms with Crippen LogP contribution >= 0.6 is 0 Å². The van der Waals surface area contributed by atoms with E-state index in [1.54, 1.807) is 24.4 Å². The highest BCUT2D eigenvalue weighted by Crippen LogP contribution is 2.21. The summed E-state index contributed by atoms with van der Waals surface area (Å²) < 4.78 is 18.9. The molecule has 0 fully saturated rings. The van der Waals surface area contributed by atoms with Crippen LogP contribution < -0.4 is 10.1 Å². The van der Waals surface area contributed by atoms with Gasteiger partial charge in [0.05, 0.1) is 35.8 Å². The highest BCUT2D eigenvalue weighted by Gasteiger charge is 2.04. The highest BCUT2D eigenvalue weighted by molar-refractivity contribution is 5.60. The molecule has 1 aromatic heterocycles. The molecule has 0 spiro atoms. The van der Waals surface area contributed by atoms with Crippen molar-refractivity contribution in [2.24, 2.45) is 0 Å². The van der Waals surface area contributed by atoms with Gasteiger partial charge >= 0.3 is 0 Å². The Labute approximate surface area is 110 Å². The Morgan fingerprint density at radius 2 is 2.21 bits per heavy atom. The van der Waals surface area contributed by atoms with Crippen LogP contribution in [0.4, 0.5) is 15.8 Å². The van der Waals surface area contributed by atoms with Crippen molar-refractivity contribution >= 4 is 11.4 Å². The van der Waals surface area contributed by atoms with Crippen molar-refractivity contribution in [2.75, 3.05) is 11.9 Å². The molecule has 19 heavy (non-hydrogen) atoms. The van der Waals surface area contributed by atoms with Gasteiger partial charge in [0.1, 0.15) is 5.82 Å². The van der Waals surface area contributed by atoms with Crippen molar-refractivity contribution < 1.29 is 9.13 Å². The molecule has 0 aliphatic carbocycles. The third-order valence-corrected chi connectivity index (χ3v) is 2.41. The number of ether oxygens (including phenoxy) is 1. The number of hydrogen-bond acceptors (Lipinski definition) is 4. The van der Waals surface area contributed by atoms with Crippen molar-refractivity contribution in [1.82, 2.24) is 4.98 Å². The highest BCUT2D eigenvalue weighted by atomic mass is 19.1. The van der Waals surface area contributed by atoms with E-state index >= 15 is 0 Å². The molecule has 5 heteroatoms. The zero-order valence-electron chi connectivity index (χ0n) is 10.4. The Balaban J connectivity index is 2.15. The van der Waals surface area contributed by atoms with E-state index in [0.717, 1.165) is 0 Å². The van der Waals surface area contributed by atoms with Crippen LogP contribution in [0.5, 0.6) is 5.88 Å². The fourth-order valence-electron chi connectivity index (χ4n) is 1.53. The molecule has 0 amide bonds. The summed E-state index contributed by atoms with van der Waals surface area (Å²) in [4.78, 5) is 4.07. The van der Waals surface area contributed by atoms with E-state index in [0.29, 0.717) is 23.9 Å². The number of pyridine rings is 1. The van der Waals surface area contributed by atoms with Gasteiger partial charge in [-0.2, -0.15) is 5.26 Å². The lowest BCUT2D eigenvalue weighted by Crippen LogP contribution is -1.97. The number of halogens is 1. The molecule has 0 unspecified atom stereocenters. The maximum absolute atomic E-state index is 13.7. The van der Waals surface area contributed by atoms with E-state index in [1.165, 1.54) is 12.1 Å². The number of nitriles is 1. The molecule has 0 atom stereocenters. The van der Waals surface area contributed by atoms with Crippen LogP contribution in [-0.4, -0.2) is 11.6 Å². The Hall–Kier alpha value is -2.61. The summed E-state index contributed by atoms with van der Waals surface area (Å²) in [6, 6.07) is 9.58. The van der Waals surface area contributed by atoms with Gasteiger partial charge in [-0.3, -0.25) is 0 Å². The summed E-state index contributed by atoms with van der Waals surface area (Å²) in [5, 5.41) is 11.6. The zero-order chi connectivity index (χ0) is 13.7. The molecule has 0 bridgehead atoms. The van der Waals surface area contributed by atoms with E-state index < -0.39 is 5.82 Å². The molecule has 1 aromatic carbocycles. The Morgan fingerprint density at radius 3 is 2.79 bits per heavy atom. The summed E-state index contributed by atoms with van der Waals surface area (Å²) in [7, 11) is 0. The van der Waals surface area contributed by atoms with Crippen LogP contribution in [0.25, 0.3) is 0 Å². The van der Waals surface area contributed by atoms with Crippen LogP contribution in [0.2, 0.25) is 0 Å². The van der Waals surface area contributed by atoms with Gasteiger partial charge < -0.3 is 10.1 Å². The second kappa shape index (κ2) is 5.83. The third kappa shape index (κ3) is 3.19. The molecule has 0 radical (unpaired) electrons. The van der Waals surface area contributed by atoms with Crippen LogP contribution in [-0.2, 0) is 0 Å². The molecule has 2 rings (SSSR count). The maximum Gasteiger partial charge on any atom is 0.213 e. The van der Waals surface area contributed by atoms with E-state index in [1.807, 2.05) is 13.0 Å². The van der Waals surface area contributed by atoms with Gasteiger partial charge in [0.2, 0.25) is 5.88 Å². The first-order valence-corrected chi connectivity index (χ1v) is 5.78. The van der Waals surface area contributed by atoms with Crippen LogP contribution in [0.3, 0.4) is 0 Å². The van der Waals surface area contributed by atoms with Crippen LogP contribution in [0.1, 0.15) is 12.5 Å². The van der Waals surface area contributed by atoms with Gasteiger partial charge in [0, 0.05) is 6.07 Å². The molecule has 1 N–H and O–H groups in total. The Bertz CT molecular complexity index is 605. The second-order valence-electron chi connectivity index (χ2n) is 3.75. The average Bonchev–Trinajstić information content (AvgIpc) is 2.43. The molecule has 1 heterocycles. The topological polar surface area (TPSA) is 57.9 Å². The number of nitrogens with zero attached hydrogens (tertiary/aromatic N) is 2. The lowest BCUT2D eigenvalue weighted by Gasteiger charge is -2.08. The number of aromatic nitrogens is 1. The van der Waals surface area contributed by atoms with Gasteiger partial charge in [0.25, 0.3) is 0 Å². The molecular formula is C14H12FN3O. The minimum absolute atomic E-state index is 0.285. The average molecular weight is 257 g/mol. The molecule has 0 saturated carbocycles. The summed E-state index contributed by atoms with van der Waals surface area (Å²) >= 11 is 0. The minimum Gasteiger partial charge on any atom is -0.478 e. The van der Waals surface area contributed by atoms with Gasteiger partial charge in [0.15, 0.2) is 0 Å². The molecule has 2 aromatic rings. The van der Waals surface area contributed by atoms with Crippen molar-refractivity contribution in [1.29, 1.82) is 5.26 Å². The quantitative estimate of drug-likeness (QED) is 0.913. The molecule has 96 valence electrons. The van der Waals surface area contributed by atoms with Crippen LogP contribution in [0.15, 0.2) is 36.5 Å². The van der Waals surface area contributed by atoms with Crippen molar-refractivity contribution in [3.8, 4) is 11.9 Å². The van der Waals surface area contributed by atoms with Gasteiger partial charge in [-0.25, -0.2) is 9.37 Å². The van der Waals surface area contributed by atoms with Crippen molar-refractivity contribution in [2.45, 2.75) is 6.92 Å². The fourth-order valence-corrected chi connectivity index (χ4v) is 1.53. The SMILES string of the molecule is CCOc1ccc(Nc2ccc(C#N)cc2F)cn1. The predicted molar refractivity (Wildman–Crippen MR) is 69.8 cm³/mol. The molecule has 4 nitrogen and oxygen atoms in total. The molecule has 0 aliphatic rings. The Morgan fingerprint density at radius 1 is 1.37 bits per heavy atom. The summed E-state index contributed by atoms with van der Waals surface area (Å²) in [6.07, 6.45) is 1.56. The third-order valence-electron chi connectivity index (χ3n) is 2.41. The number of anilines is 2. The van der Waals surface area contributed by atoms with Gasteiger partial charge in [-0.1, -0.05) is 0 Å². The summed E-state index contributed by atoms with van der Waals surface area (Å²) in [5.74, 6) is 0.0429. The molecule has 0 saturated heterocycles. The van der Waals surface area contributed by atoms with E-state index in [4.69, 9.17) is 10.00 Å². The van der Waals surface area contributed by atoms with Crippen molar-refractivity contribution in [3.63, 3.8) is 0 Å². The Kier molecular flexibility index (Phi) is 3.94. The van der Waals surface area contributed by atoms with E-state index in [-0.39, 0.29) is 5.56 Å².